The molecule has 0 N–H and O–H groups in total. The van der Waals surface area contributed by atoms with E-state index in [4.69, 9.17) is 14.2 Å². The maximum Gasteiger partial charge on any atom is 0.311 e. The molecule has 1 aromatic rings. The second-order valence-corrected chi connectivity index (χ2v) is 5.54. The Hall–Kier alpha value is -2.24. The number of carbonyl (C=O) groups excluding carboxylic acids is 2. The Kier molecular flexibility index (Phi) is 5.47. The molecule has 0 saturated carbocycles. The lowest BCUT2D eigenvalue weighted by atomic mass is 9.98. The highest BCUT2D eigenvalue weighted by Gasteiger charge is 2.42. The summed E-state index contributed by atoms with van der Waals surface area (Å²) in [4.78, 5) is 26.0. The van der Waals surface area contributed by atoms with Gasteiger partial charge in [0.15, 0.2) is 0 Å². The molecule has 1 aromatic carbocycles. The van der Waals surface area contributed by atoms with E-state index in [2.05, 4.69) is 0 Å². The van der Waals surface area contributed by atoms with Gasteiger partial charge in [0.1, 0.15) is 11.5 Å². The van der Waals surface area contributed by atoms with Crippen LogP contribution in [0.5, 0.6) is 11.5 Å². The normalized spacial score (nSPS) is 20.5. The highest BCUT2D eigenvalue weighted by molar-refractivity contribution is 5.88. The van der Waals surface area contributed by atoms with Gasteiger partial charge in [-0.1, -0.05) is 6.92 Å². The molecule has 1 saturated heterocycles. The van der Waals surface area contributed by atoms with Crippen LogP contribution in [0.1, 0.15) is 19.4 Å². The summed E-state index contributed by atoms with van der Waals surface area (Å²) in [5.74, 6) is 0.226. The first-order chi connectivity index (χ1) is 11.0. The van der Waals surface area contributed by atoms with Crippen molar-refractivity contribution in [3.63, 3.8) is 0 Å². The van der Waals surface area contributed by atoms with Crippen molar-refractivity contribution in [2.24, 2.45) is 11.8 Å². The molecule has 0 aromatic heterocycles. The lowest BCUT2D eigenvalue weighted by molar-refractivity contribution is -0.149. The summed E-state index contributed by atoms with van der Waals surface area (Å²) < 4.78 is 15.6. The molecule has 0 bridgehead atoms. The number of hydrogen-bond donors (Lipinski definition) is 0. The third-order valence-electron chi connectivity index (χ3n) is 4.17. The topological polar surface area (TPSA) is 65.1 Å². The smallest absolute Gasteiger partial charge is 0.311 e. The second-order valence-electron chi connectivity index (χ2n) is 5.54. The number of likely N-dealkylation sites (tertiary alicyclic amines) is 1. The number of benzene rings is 1. The summed E-state index contributed by atoms with van der Waals surface area (Å²) in [5.41, 5.74) is 0.873. The van der Waals surface area contributed by atoms with Crippen molar-refractivity contribution in [3.05, 3.63) is 23.8 Å². The first-order valence-corrected chi connectivity index (χ1v) is 7.68. The van der Waals surface area contributed by atoms with E-state index in [9.17, 15) is 9.59 Å². The number of amides is 1. The van der Waals surface area contributed by atoms with Crippen LogP contribution >= 0.6 is 0 Å². The third-order valence-corrected chi connectivity index (χ3v) is 4.17. The lowest BCUT2D eigenvalue weighted by Crippen LogP contribution is -2.26. The SMILES string of the molecule is CCOC(=O)[C@H]1CN(Cc2ccc(OC)cc2OC)C(=O)[C@@H]1C. The van der Waals surface area contributed by atoms with Crippen LogP contribution in [0.25, 0.3) is 0 Å². The summed E-state index contributed by atoms with van der Waals surface area (Å²) in [6.07, 6.45) is 0. The minimum absolute atomic E-state index is 0.0408. The van der Waals surface area contributed by atoms with E-state index in [1.165, 1.54) is 0 Å². The number of nitrogens with zero attached hydrogens (tertiary/aromatic N) is 1. The minimum atomic E-state index is -0.410. The largest absolute Gasteiger partial charge is 0.497 e. The molecule has 0 unspecified atom stereocenters. The maximum absolute atomic E-state index is 12.4. The summed E-state index contributed by atoms with van der Waals surface area (Å²) in [6, 6.07) is 5.47. The van der Waals surface area contributed by atoms with Gasteiger partial charge < -0.3 is 19.1 Å². The molecule has 1 amide bonds. The van der Waals surface area contributed by atoms with Crippen LogP contribution in [-0.2, 0) is 20.9 Å². The van der Waals surface area contributed by atoms with Gasteiger partial charge in [-0.25, -0.2) is 0 Å². The van der Waals surface area contributed by atoms with Crippen LogP contribution in [0.4, 0.5) is 0 Å². The van der Waals surface area contributed by atoms with E-state index >= 15 is 0 Å². The first-order valence-electron chi connectivity index (χ1n) is 7.68. The quantitative estimate of drug-likeness (QED) is 0.748. The fourth-order valence-corrected chi connectivity index (χ4v) is 2.80. The Morgan fingerprint density at radius 1 is 1.30 bits per heavy atom. The molecule has 126 valence electrons. The fraction of sp³-hybridized carbons (Fsp3) is 0.529. The van der Waals surface area contributed by atoms with Gasteiger partial charge in [0.05, 0.1) is 32.7 Å². The van der Waals surface area contributed by atoms with Gasteiger partial charge >= 0.3 is 5.97 Å². The standard InChI is InChI=1S/C17H23NO5/c1-5-23-17(20)14-10-18(16(19)11(14)2)9-12-6-7-13(21-3)8-15(12)22-4/h6-8,11,14H,5,9-10H2,1-4H3/t11-,14+/m1/s1. The number of ether oxygens (including phenoxy) is 3. The van der Waals surface area contributed by atoms with Gasteiger partial charge in [-0.2, -0.15) is 0 Å². The zero-order valence-corrected chi connectivity index (χ0v) is 14.0. The Bertz CT molecular complexity index is 586. The Morgan fingerprint density at radius 3 is 2.65 bits per heavy atom. The summed E-state index contributed by atoms with van der Waals surface area (Å²) in [5, 5.41) is 0. The van der Waals surface area contributed by atoms with Crippen molar-refractivity contribution in [3.8, 4) is 11.5 Å². The van der Waals surface area contributed by atoms with Crippen molar-refractivity contribution in [1.82, 2.24) is 4.90 Å². The maximum atomic E-state index is 12.4. The molecule has 0 aliphatic carbocycles. The van der Waals surface area contributed by atoms with Crippen LogP contribution in [0, 0.1) is 11.8 Å². The molecule has 1 heterocycles. The zero-order chi connectivity index (χ0) is 17.0. The third kappa shape index (κ3) is 3.57. The second kappa shape index (κ2) is 7.35. The molecule has 2 atom stereocenters. The summed E-state index contributed by atoms with van der Waals surface area (Å²) in [7, 11) is 3.16. The number of rotatable bonds is 6. The molecule has 1 aliphatic rings. The van der Waals surface area contributed by atoms with E-state index < -0.39 is 5.92 Å². The van der Waals surface area contributed by atoms with Crippen LogP contribution < -0.4 is 9.47 Å². The van der Waals surface area contributed by atoms with Gasteiger partial charge in [-0.15, -0.1) is 0 Å². The van der Waals surface area contributed by atoms with E-state index in [0.717, 1.165) is 5.56 Å². The van der Waals surface area contributed by atoms with E-state index in [-0.39, 0.29) is 17.8 Å². The van der Waals surface area contributed by atoms with Crippen molar-refractivity contribution in [1.29, 1.82) is 0 Å². The van der Waals surface area contributed by atoms with Crippen LogP contribution in [0.3, 0.4) is 0 Å². The van der Waals surface area contributed by atoms with E-state index in [1.54, 1.807) is 39.0 Å². The number of carbonyl (C=O) groups is 2. The molecule has 1 fully saturated rings. The zero-order valence-electron chi connectivity index (χ0n) is 14.0. The van der Waals surface area contributed by atoms with Gasteiger partial charge in [0.25, 0.3) is 0 Å². The predicted molar refractivity (Wildman–Crippen MR) is 84.3 cm³/mol. The molecular formula is C17H23NO5. The van der Waals surface area contributed by atoms with Gasteiger partial charge in [0, 0.05) is 24.7 Å². The molecule has 6 nitrogen and oxygen atoms in total. The Balaban J connectivity index is 2.14. The molecule has 23 heavy (non-hydrogen) atoms. The van der Waals surface area contributed by atoms with Gasteiger partial charge in [0.2, 0.25) is 5.91 Å². The summed E-state index contributed by atoms with van der Waals surface area (Å²) >= 11 is 0. The summed E-state index contributed by atoms with van der Waals surface area (Å²) in [6.45, 7) is 4.62. The number of esters is 1. The van der Waals surface area contributed by atoms with Crippen molar-refractivity contribution in [2.75, 3.05) is 27.4 Å². The lowest BCUT2D eigenvalue weighted by Gasteiger charge is -2.18. The highest BCUT2D eigenvalue weighted by Crippen LogP contribution is 2.31. The number of methoxy groups -OCH3 is 2. The minimum Gasteiger partial charge on any atom is -0.497 e. The van der Waals surface area contributed by atoms with Crippen molar-refractivity contribution >= 4 is 11.9 Å². The Morgan fingerprint density at radius 2 is 2.04 bits per heavy atom. The average molecular weight is 321 g/mol. The predicted octanol–water partition coefficient (Wildman–Crippen LogP) is 1.86. The molecule has 0 radical (unpaired) electrons. The van der Waals surface area contributed by atoms with Gasteiger partial charge in [-0.05, 0) is 19.1 Å². The van der Waals surface area contributed by atoms with Crippen LogP contribution in [0.15, 0.2) is 18.2 Å². The Labute approximate surface area is 136 Å². The van der Waals surface area contributed by atoms with Crippen LogP contribution in [-0.4, -0.2) is 44.1 Å². The fourth-order valence-electron chi connectivity index (χ4n) is 2.80. The molecular weight excluding hydrogens is 298 g/mol. The number of hydrogen-bond acceptors (Lipinski definition) is 5. The molecule has 0 spiro atoms. The van der Waals surface area contributed by atoms with Crippen LogP contribution in [0.2, 0.25) is 0 Å². The monoisotopic (exact) mass is 321 g/mol. The van der Waals surface area contributed by atoms with E-state index in [1.807, 2.05) is 12.1 Å². The first kappa shape index (κ1) is 17.1. The van der Waals surface area contributed by atoms with E-state index in [0.29, 0.717) is 31.2 Å². The molecule has 2 rings (SSSR count). The average Bonchev–Trinajstić information content (AvgIpc) is 2.84. The molecule has 1 aliphatic heterocycles. The van der Waals surface area contributed by atoms with Crippen molar-refractivity contribution < 1.29 is 23.8 Å². The molecule has 6 heteroatoms. The van der Waals surface area contributed by atoms with Crippen molar-refractivity contribution in [2.45, 2.75) is 20.4 Å². The highest BCUT2D eigenvalue weighted by atomic mass is 16.5. The van der Waals surface area contributed by atoms with Gasteiger partial charge in [-0.3, -0.25) is 9.59 Å².